The summed E-state index contributed by atoms with van der Waals surface area (Å²) < 4.78 is 26.2. The predicted molar refractivity (Wildman–Crippen MR) is 88.2 cm³/mol. The van der Waals surface area contributed by atoms with Crippen LogP contribution in [0.2, 0.25) is 0 Å². The van der Waals surface area contributed by atoms with Crippen LogP contribution in [0.15, 0.2) is 24.4 Å². The molecule has 124 valence electrons. The Morgan fingerprint density at radius 2 is 2.04 bits per heavy atom. The minimum atomic E-state index is -3.13. The fourth-order valence-electron chi connectivity index (χ4n) is 2.95. The van der Waals surface area contributed by atoms with Gasteiger partial charge in [-0.15, -0.1) is 0 Å². The molecule has 2 aromatic heterocycles. The van der Waals surface area contributed by atoms with Crippen LogP contribution in [-0.2, 0) is 9.84 Å². The van der Waals surface area contributed by atoms with Gasteiger partial charge in [0.05, 0.1) is 16.7 Å². The first-order valence-corrected chi connectivity index (χ1v) is 9.45. The van der Waals surface area contributed by atoms with Gasteiger partial charge in [0.1, 0.15) is 11.3 Å². The Labute approximate surface area is 136 Å². The molecule has 2 aromatic rings. The van der Waals surface area contributed by atoms with Gasteiger partial charge in [-0.2, -0.15) is 0 Å². The third kappa shape index (κ3) is 2.85. The number of imidazole rings is 1. The van der Waals surface area contributed by atoms with Crippen LogP contribution < -0.4 is 0 Å². The van der Waals surface area contributed by atoms with E-state index in [1.165, 1.54) is 0 Å². The second-order valence-corrected chi connectivity index (χ2v) is 8.86. The normalized spacial score (nSPS) is 16.1. The number of sulfone groups is 1. The third-order valence-electron chi connectivity index (χ3n) is 4.12. The molecule has 0 saturated carbocycles. The topological polar surface area (TPSA) is 71.8 Å². The van der Waals surface area contributed by atoms with Gasteiger partial charge in [-0.1, -0.05) is 19.9 Å². The second-order valence-electron chi connectivity index (χ2n) is 6.53. The molecular formula is C16H21N3O3S. The van der Waals surface area contributed by atoms with E-state index < -0.39 is 15.1 Å². The van der Waals surface area contributed by atoms with E-state index in [1.807, 2.05) is 32.0 Å². The van der Waals surface area contributed by atoms with Crippen molar-refractivity contribution in [2.45, 2.75) is 26.0 Å². The van der Waals surface area contributed by atoms with Gasteiger partial charge in [0, 0.05) is 19.3 Å². The number of amides is 1. The van der Waals surface area contributed by atoms with Crippen LogP contribution >= 0.6 is 0 Å². The van der Waals surface area contributed by atoms with E-state index in [2.05, 4.69) is 4.98 Å². The molecule has 1 saturated heterocycles. The molecule has 0 unspecified atom stereocenters. The van der Waals surface area contributed by atoms with Crippen molar-refractivity contribution < 1.29 is 13.2 Å². The van der Waals surface area contributed by atoms with Crippen molar-refractivity contribution in [3.63, 3.8) is 0 Å². The van der Waals surface area contributed by atoms with Gasteiger partial charge in [0.15, 0.2) is 9.84 Å². The summed E-state index contributed by atoms with van der Waals surface area (Å²) in [6.45, 7) is 6.12. The van der Waals surface area contributed by atoms with E-state index in [1.54, 1.807) is 22.4 Å². The van der Waals surface area contributed by atoms with Crippen LogP contribution in [0.1, 0.15) is 30.0 Å². The van der Waals surface area contributed by atoms with E-state index in [4.69, 9.17) is 0 Å². The maximum Gasteiger partial charge on any atom is 0.272 e. The fraction of sp³-hybridized carbons (Fsp3) is 0.500. The summed E-state index contributed by atoms with van der Waals surface area (Å²) in [5, 5.41) is -0.437. The van der Waals surface area contributed by atoms with Crippen molar-refractivity contribution in [2.75, 3.05) is 18.8 Å². The number of pyridine rings is 1. The lowest BCUT2D eigenvalue weighted by atomic mass is 10.2. The van der Waals surface area contributed by atoms with Crippen LogP contribution in [0.25, 0.3) is 5.65 Å². The van der Waals surface area contributed by atoms with Gasteiger partial charge in [0.2, 0.25) is 0 Å². The quantitative estimate of drug-likeness (QED) is 0.850. The van der Waals surface area contributed by atoms with Gasteiger partial charge < -0.3 is 4.90 Å². The molecule has 3 rings (SSSR count). The van der Waals surface area contributed by atoms with Crippen molar-refractivity contribution in [2.24, 2.45) is 5.92 Å². The molecule has 7 heteroatoms. The number of hydrogen-bond donors (Lipinski definition) is 0. The minimum absolute atomic E-state index is 0.103. The molecular weight excluding hydrogens is 314 g/mol. The number of carbonyl (C=O) groups excluding carboxylic acids is 1. The molecule has 0 radical (unpaired) electrons. The van der Waals surface area contributed by atoms with Gasteiger partial charge in [-0.3, -0.25) is 9.20 Å². The second kappa shape index (κ2) is 5.63. The number of hydrogen-bond acceptors (Lipinski definition) is 4. The maximum atomic E-state index is 12.7. The van der Waals surface area contributed by atoms with Crippen molar-refractivity contribution in [1.82, 2.24) is 14.3 Å². The highest BCUT2D eigenvalue weighted by molar-refractivity contribution is 7.92. The van der Waals surface area contributed by atoms with E-state index in [-0.39, 0.29) is 30.7 Å². The van der Waals surface area contributed by atoms with E-state index >= 15 is 0 Å². The lowest BCUT2D eigenvalue weighted by Crippen LogP contribution is -2.57. The van der Waals surface area contributed by atoms with Crippen molar-refractivity contribution in [1.29, 1.82) is 0 Å². The first-order chi connectivity index (χ1) is 10.8. The Bertz CT molecular complexity index is 849. The average molecular weight is 335 g/mol. The zero-order chi connectivity index (χ0) is 16.8. The lowest BCUT2D eigenvalue weighted by molar-refractivity contribution is 0.0650. The summed E-state index contributed by atoms with van der Waals surface area (Å²) in [6, 6.07) is 5.56. The van der Waals surface area contributed by atoms with E-state index in [0.717, 1.165) is 5.65 Å². The smallest absolute Gasteiger partial charge is 0.272 e. The number of aryl methyl sites for hydroxylation is 1. The SMILES string of the molecule is Cc1nc2ccccn2c1C(=O)N1CC(S(=O)(=O)CC(C)C)C1. The molecule has 1 aliphatic heterocycles. The Balaban J connectivity index is 1.77. The zero-order valence-electron chi connectivity index (χ0n) is 13.6. The van der Waals surface area contributed by atoms with Gasteiger partial charge in [-0.05, 0) is 25.0 Å². The molecule has 0 atom stereocenters. The molecule has 0 bridgehead atoms. The monoisotopic (exact) mass is 335 g/mol. The number of rotatable bonds is 4. The minimum Gasteiger partial charge on any atom is -0.335 e. The number of carbonyl (C=O) groups is 1. The maximum absolute atomic E-state index is 12.7. The molecule has 0 N–H and O–H groups in total. The largest absolute Gasteiger partial charge is 0.335 e. The Morgan fingerprint density at radius 1 is 1.35 bits per heavy atom. The molecule has 1 fully saturated rings. The zero-order valence-corrected chi connectivity index (χ0v) is 14.4. The highest BCUT2D eigenvalue weighted by Gasteiger charge is 2.41. The summed E-state index contributed by atoms with van der Waals surface area (Å²) in [4.78, 5) is 18.7. The molecule has 6 nitrogen and oxygen atoms in total. The van der Waals surface area contributed by atoms with Gasteiger partial charge in [0.25, 0.3) is 5.91 Å². The Hall–Kier alpha value is -1.89. The van der Waals surface area contributed by atoms with Crippen LogP contribution in [-0.4, -0.2) is 52.7 Å². The summed E-state index contributed by atoms with van der Waals surface area (Å²) in [7, 11) is -3.13. The highest BCUT2D eigenvalue weighted by Crippen LogP contribution is 2.23. The van der Waals surface area contributed by atoms with Crippen LogP contribution in [0, 0.1) is 12.8 Å². The lowest BCUT2D eigenvalue weighted by Gasteiger charge is -2.38. The van der Waals surface area contributed by atoms with Crippen LogP contribution in [0.4, 0.5) is 0 Å². The summed E-state index contributed by atoms with van der Waals surface area (Å²) in [5.41, 5.74) is 1.90. The molecule has 0 spiro atoms. The predicted octanol–water partition coefficient (Wildman–Crippen LogP) is 1.54. The van der Waals surface area contributed by atoms with Gasteiger partial charge in [-0.25, -0.2) is 13.4 Å². The summed E-state index contributed by atoms with van der Waals surface area (Å²) in [5.74, 6) is 0.122. The number of aromatic nitrogens is 2. The third-order valence-corrected chi connectivity index (χ3v) is 6.56. The molecule has 1 aliphatic rings. The number of likely N-dealkylation sites (tertiary alicyclic amines) is 1. The van der Waals surface area contributed by atoms with Crippen LogP contribution in [0.3, 0.4) is 0 Å². The van der Waals surface area contributed by atoms with Crippen molar-refractivity contribution in [3.8, 4) is 0 Å². The van der Waals surface area contributed by atoms with Crippen LogP contribution in [0.5, 0.6) is 0 Å². The Kier molecular flexibility index (Phi) is 3.91. The first kappa shape index (κ1) is 16.0. The summed E-state index contributed by atoms with van der Waals surface area (Å²) >= 11 is 0. The van der Waals surface area contributed by atoms with Gasteiger partial charge >= 0.3 is 0 Å². The number of fused-ring (bicyclic) bond motifs is 1. The molecule has 1 amide bonds. The van der Waals surface area contributed by atoms with Crippen molar-refractivity contribution in [3.05, 3.63) is 35.8 Å². The highest BCUT2D eigenvalue weighted by atomic mass is 32.2. The van der Waals surface area contributed by atoms with E-state index in [0.29, 0.717) is 11.4 Å². The van der Waals surface area contributed by atoms with E-state index in [9.17, 15) is 13.2 Å². The van der Waals surface area contributed by atoms with Crippen molar-refractivity contribution >= 4 is 21.4 Å². The molecule has 3 heterocycles. The fourth-order valence-corrected chi connectivity index (χ4v) is 4.97. The molecule has 23 heavy (non-hydrogen) atoms. The average Bonchev–Trinajstić information content (AvgIpc) is 2.70. The number of nitrogens with zero attached hydrogens (tertiary/aromatic N) is 3. The molecule has 0 aliphatic carbocycles. The standard InChI is InChI=1S/C16H21N3O3S/c1-11(2)10-23(21,22)13-8-18(9-13)16(20)15-12(3)17-14-6-4-5-7-19(14)15/h4-7,11,13H,8-10H2,1-3H3. The molecule has 0 aromatic carbocycles. The first-order valence-electron chi connectivity index (χ1n) is 7.74. The Morgan fingerprint density at radius 3 is 2.70 bits per heavy atom. The summed E-state index contributed by atoms with van der Waals surface area (Å²) in [6.07, 6.45) is 1.80.